The number of aromatic carboxylic acids is 1. The SMILES string of the molecule is O=C(O)c1cc2c([nH]c3ccccc32)c(C2CCC(CO)O2)n1. The number of hydrogen-bond donors (Lipinski definition) is 3. The third-order valence-electron chi connectivity index (χ3n) is 4.36. The predicted molar refractivity (Wildman–Crippen MR) is 84.5 cm³/mol. The number of aliphatic hydroxyl groups is 1. The minimum Gasteiger partial charge on any atom is -0.477 e. The first-order chi connectivity index (χ1) is 11.2. The van der Waals surface area contributed by atoms with E-state index in [1.54, 1.807) is 6.07 Å². The molecule has 1 saturated heterocycles. The number of carboxylic acid groups (broad SMARTS) is 1. The molecule has 23 heavy (non-hydrogen) atoms. The van der Waals surface area contributed by atoms with Crippen LogP contribution in [-0.4, -0.2) is 38.9 Å². The Labute approximate surface area is 131 Å². The quantitative estimate of drug-likeness (QED) is 0.691. The molecule has 0 bridgehead atoms. The van der Waals surface area contributed by atoms with Gasteiger partial charge in [-0.3, -0.25) is 0 Å². The predicted octanol–water partition coefficient (Wildman–Crippen LogP) is 2.63. The van der Waals surface area contributed by atoms with Crippen molar-refractivity contribution in [3.05, 3.63) is 41.7 Å². The molecule has 0 aliphatic carbocycles. The minimum absolute atomic E-state index is 0.00769. The first-order valence-corrected chi connectivity index (χ1v) is 7.58. The summed E-state index contributed by atoms with van der Waals surface area (Å²) in [5.74, 6) is -1.06. The third-order valence-corrected chi connectivity index (χ3v) is 4.36. The molecule has 3 aromatic rings. The molecule has 118 valence electrons. The average Bonchev–Trinajstić information content (AvgIpc) is 3.18. The second kappa shape index (κ2) is 5.33. The molecule has 6 nitrogen and oxygen atoms in total. The van der Waals surface area contributed by atoms with Gasteiger partial charge in [0, 0.05) is 16.3 Å². The Kier molecular flexibility index (Phi) is 3.28. The highest BCUT2D eigenvalue weighted by molar-refractivity contribution is 6.09. The van der Waals surface area contributed by atoms with Crippen LogP contribution in [0, 0.1) is 0 Å². The molecule has 1 aliphatic rings. The van der Waals surface area contributed by atoms with Gasteiger partial charge in [-0.15, -0.1) is 0 Å². The van der Waals surface area contributed by atoms with Crippen LogP contribution in [0.3, 0.4) is 0 Å². The van der Waals surface area contributed by atoms with Gasteiger partial charge in [0.05, 0.1) is 23.9 Å². The van der Waals surface area contributed by atoms with E-state index in [-0.39, 0.29) is 24.5 Å². The van der Waals surface area contributed by atoms with Crippen LogP contribution in [-0.2, 0) is 4.74 Å². The summed E-state index contributed by atoms with van der Waals surface area (Å²) < 4.78 is 5.81. The van der Waals surface area contributed by atoms with Crippen LogP contribution in [0.15, 0.2) is 30.3 Å². The fourth-order valence-electron chi connectivity index (χ4n) is 3.25. The fourth-order valence-corrected chi connectivity index (χ4v) is 3.25. The number of ether oxygens (including phenoxy) is 1. The van der Waals surface area contributed by atoms with Gasteiger partial charge in [-0.1, -0.05) is 18.2 Å². The van der Waals surface area contributed by atoms with Crippen molar-refractivity contribution in [3.8, 4) is 0 Å². The number of aliphatic hydroxyl groups excluding tert-OH is 1. The highest BCUT2D eigenvalue weighted by Crippen LogP contribution is 2.37. The van der Waals surface area contributed by atoms with E-state index in [0.717, 1.165) is 28.2 Å². The molecular formula is C17H16N2O4. The summed E-state index contributed by atoms with van der Waals surface area (Å²) in [7, 11) is 0. The molecule has 1 fully saturated rings. The monoisotopic (exact) mass is 312 g/mol. The number of carboxylic acids is 1. The lowest BCUT2D eigenvalue weighted by molar-refractivity contribution is 0.00972. The van der Waals surface area contributed by atoms with Crippen LogP contribution in [0.1, 0.15) is 35.1 Å². The van der Waals surface area contributed by atoms with Crippen molar-refractivity contribution in [3.63, 3.8) is 0 Å². The number of pyridine rings is 1. The zero-order chi connectivity index (χ0) is 16.0. The van der Waals surface area contributed by atoms with Crippen LogP contribution in [0.2, 0.25) is 0 Å². The van der Waals surface area contributed by atoms with Crippen LogP contribution >= 0.6 is 0 Å². The van der Waals surface area contributed by atoms with Gasteiger partial charge < -0.3 is 19.9 Å². The topological polar surface area (TPSA) is 95.4 Å². The lowest BCUT2D eigenvalue weighted by Crippen LogP contribution is -2.12. The van der Waals surface area contributed by atoms with Crippen molar-refractivity contribution < 1.29 is 19.7 Å². The number of hydrogen-bond acceptors (Lipinski definition) is 4. The second-order valence-electron chi connectivity index (χ2n) is 5.80. The average molecular weight is 312 g/mol. The maximum absolute atomic E-state index is 11.4. The number of para-hydroxylation sites is 1. The lowest BCUT2D eigenvalue weighted by Gasteiger charge is -2.13. The number of carbonyl (C=O) groups is 1. The van der Waals surface area contributed by atoms with E-state index in [0.29, 0.717) is 12.1 Å². The molecule has 6 heteroatoms. The Balaban J connectivity index is 1.96. The molecule has 4 rings (SSSR count). The number of fused-ring (bicyclic) bond motifs is 3. The summed E-state index contributed by atoms with van der Waals surface area (Å²) in [5, 5.41) is 20.4. The van der Waals surface area contributed by atoms with Gasteiger partial charge in [-0.2, -0.15) is 0 Å². The molecule has 1 aliphatic heterocycles. The summed E-state index contributed by atoms with van der Waals surface area (Å²) in [4.78, 5) is 19.1. The van der Waals surface area contributed by atoms with E-state index >= 15 is 0 Å². The zero-order valence-corrected chi connectivity index (χ0v) is 12.3. The summed E-state index contributed by atoms with van der Waals surface area (Å²) in [6, 6.07) is 9.35. The molecule has 2 atom stereocenters. The van der Waals surface area contributed by atoms with Gasteiger partial charge in [0.25, 0.3) is 0 Å². The van der Waals surface area contributed by atoms with Crippen molar-refractivity contribution in [1.82, 2.24) is 9.97 Å². The fraction of sp³-hybridized carbons (Fsp3) is 0.294. The molecule has 3 heterocycles. The van der Waals surface area contributed by atoms with Gasteiger partial charge >= 0.3 is 5.97 Å². The standard InChI is InChI=1S/C17H16N2O4/c20-8-9-5-6-14(23-9)16-15-11(7-13(19-16)17(21)22)10-3-1-2-4-12(10)18-15/h1-4,7,9,14,18,20H,5-6,8H2,(H,21,22). The van der Waals surface area contributed by atoms with E-state index in [9.17, 15) is 15.0 Å². The zero-order valence-electron chi connectivity index (χ0n) is 12.3. The Morgan fingerprint density at radius 3 is 2.87 bits per heavy atom. The molecule has 2 unspecified atom stereocenters. The van der Waals surface area contributed by atoms with Crippen molar-refractivity contribution >= 4 is 27.8 Å². The molecule has 1 aromatic carbocycles. The van der Waals surface area contributed by atoms with E-state index in [2.05, 4.69) is 9.97 Å². The molecule has 0 saturated carbocycles. The number of benzene rings is 1. The van der Waals surface area contributed by atoms with Crippen molar-refractivity contribution in [2.24, 2.45) is 0 Å². The van der Waals surface area contributed by atoms with E-state index in [1.165, 1.54) is 0 Å². The first-order valence-electron chi connectivity index (χ1n) is 7.58. The summed E-state index contributed by atoms with van der Waals surface area (Å²) in [5.41, 5.74) is 2.35. The number of nitrogens with one attached hydrogen (secondary N) is 1. The Bertz CT molecular complexity index is 902. The molecule has 0 radical (unpaired) electrons. The van der Waals surface area contributed by atoms with Crippen LogP contribution in [0.5, 0.6) is 0 Å². The summed E-state index contributed by atoms with van der Waals surface area (Å²) >= 11 is 0. The first kappa shape index (κ1) is 14.2. The van der Waals surface area contributed by atoms with Crippen LogP contribution in [0.25, 0.3) is 21.8 Å². The lowest BCUT2D eigenvalue weighted by atomic mass is 10.1. The van der Waals surface area contributed by atoms with Crippen molar-refractivity contribution in [2.75, 3.05) is 6.61 Å². The highest BCUT2D eigenvalue weighted by Gasteiger charge is 2.30. The second-order valence-corrected chi connectivity index (χ2v) is 5.80. The largest absolute Gasteiger partial charge is 0.477 e. The van der Waals surface area contributed by atoms with Crippen LogP contribution in [0.4, 0.5) is 0 Å². The van der Waals surface area contributed by atoms with Gasteiger partial charge in [0.15, 0.2) is 0 Å². The molecular weight excluding hydrogens is 296 g/mol. The van der Waals surface area contributed by atoms with Crippen molar-refractivity contribution in [2.45, 2.75) is 25.0 Å². The Morgan fingerprint density at radius 1 is 1.30 bits per heavy atom. The number of aromatic amines is 1. The number of aromatic nitrogens is 2. The Hall–Kier alpha value is -2.44. The number of nitrogens with zero attached hydrogens (tertiary/aromatic N) is 1. The summed E-state index contributed by atoms with van der Waals surface area (Å²) in [6.45, 7) is -0.0367. The Morgan fingerprint density at radius 2 is 2.13 bits per heavy atom. The third kappa shape index (κ3) is 2.27. The van der Waals surface area contributed by atoms with Gasteiger partial charge in [-0.05, 0) is 25.0 Å². The minimum atomic E-state index is -1.06. The smallest absolute Gasteiger partial charge is 0.354 e. The highest BCUT2D eigenvalue weighted by atomic mass is 16.5. The van der Waals surface area contributed by atoms with E-state index < -0.39 is 5.97 Å². The normalized spacial score (nSPS) is 21.3. The number of rotatable bonds is 3. The van der Waals surface area contributed by atoms with E-state index in [1.807, 2.05) is 24.3 Å². The molecule has 2 aromatic heterocycles. The van der Waals surface area contributed by atoms with Gasteiger partial charge in [0.2, 0.25) is 0 Å². The maximum atomic E-state index is 11.4. The number of H-pyrrole nitrogens is 1. The van der Waals surface area contributed by atoms with E-state index in [4.69, 9.17) is 4.74 Å². The van der Waals surface area contributed by atoms with Crippen molar-refractivity contribution in [1.29, 1.82) is 0 Å². The molecule has 0 spiro atoms. The molecule has 3 N–H and O–H groups in total. The molecule has 0 amide bonds. The maximum Gasteiger partial charge on any atom is 0.354 e. The van der Waals surface area contributed by atoms with Gasteiger partial charge in [-0.25, -0.2) is 9.78 Å². The van der Waals surface area contributed by atoms with Crippen LogP contribution < -0.4 is 0 Å². The summed E-state index contributed by atoms with van der Waals surface area (Å²) in [6.07, 6.45) is 0.935. The van der Waals surface area contributed by atoms with Gasteiger partial charge in [0.1, 0.15) is 11.8 Å².